The van der Waals surface area contributed by atoms with Gasteiger partial charge in [-0.2, -0.15) is 0 Å². The van der Waals surface area contributed by atoms with Crippen LogP contribution in [0.5, 0.6) is 0 Å². The summed E-state index contributed by atoms with van der Waals surface area (Å²) in [5, 5.41) is 3.48. The normalized spacial score (nSPS) is 12.1. The zero-order valence-electron chi connectivity index (χ0n) is 9.86. The van der Waals surface area contributed by atoms with Gasteiger partial charge in [0.2, 0.25) is 0 Å². The van der Waals surface area contributed by atoms with Gasteiger partial charge in [0.05, 0.1) is 0 Å². The van der Waals surface area contributed by atoms with Gasteiger partial charge in [0, 0.05) is 15.8 Å². The van der Waals surface area contributed by atoms with Gasteiger partial charge >= 0.3 is 0 Å². The van der Waals surface area contributed by atoms with Crippen LogP contribution in [0, 0.1) is 3.57 Å². The van der Waals surface area contributed by atoms with Crippen molar-refractivity contribution >= 4 is 28.3 Å². The predicted octanol–water partition coefficient (Wildman–Crippen LogP) is 4.51. The summed E-state index contributed by atoms with van der Waals surface area (Å²) in [6, 6.07) is 19.1. The summed E-state index contributed by atoms with van der Waals surface area (Å²) in [4.78, 5) is 0. The highest BCUT2D eigenvalue weighted by Crippen LogP contribution is 2.17. The zero-order valence-corrected chi connectivity index (χ0v) is 12.0. The van der Waals surface area contributed by atoms with Crippen molar-refractivity contribution in [2.75, 3.05) is 11.9 Å². The second-order valence-electron chi connectivity index (χ2n) is 4.20. The second-order valence-corrected chi connectivity index (χ2v) is 5.45. The van der Waals surface area contributed by atoms with E-state index in [1.807, 2.05) is 0 Å². The summed E-state index contributed by atoms with van der Waals surface area (Å²) in [6.45, 7) is 3.21. The highest BCUT2D eigenvalue weighted by Gasteiger charge is 2.04. The lowest BCUT2D eigenvalue weighted by molar-refractivity contribution is 0.805. The number of halogens is 1. The Morgan fingerprint density at radius 2 is 1.82 bits per heavy atom. The van der Waals surface area contributed by atoms with Crippen molar-refractivity contribution in [3.8, 4) is 0 Å². The third-order valence-corrected chi connectivity index (χ3v) is 3.48. The Balaban J connectivity index is 1.95. The number of hydrogen-bond donors (Lipinski definition) is 1. The Bertz CT molecular complexity index is 467. The van der Waals surface area contributed by atoms with Gasteiger partial charge in [-0.15, -0.1) is 0 Å². The first-order chi connectivity index (χ1) is 8.25. The van der Waals surface area contributed by atoms with E-state index >= 15 is 0 Å². The smallest absolute Gasteiger partial charge is 0.0350 e. The highest BCUT2D eigenvalue weighted by molar-refractivity contribution is 14.1. The molecule has 0 fully saturated rings. The molecular formula is C15H16IN. The molecular weight excluding hydrogens is 321 g/mol. The molecule has 0 aliphatic heterocycles. The van der Waals surface area contributed by atoms with E-state index in [0.717, 1.165) is 6.54 Å². The first-order valence-corrected chi connectivity index (χ1v) is 6.88. The van der Waals surface area contributed by atoms with E-state index < -0.39 is 0 Å². The fraction of sp³-hybridized carbons (Fsp3) is 0.200. The molecule has 1 nitrogen and oxygen atoms in total. The highest BCUT2D eigenvalue weighted by atomic mass is 127. The van der Waals surface area contributed by atoms with Crippen molar-refractivity contribution in [1.29, 1.82) is 0 Å². The molecule has 1 N–H and O–H groups in total. The molecule has 0 spiro atoms. The minimum absolute atomic E-state index is 0.522. The molecule has 17 heavy (non-hydrogen) atoms. The van der Waals surface area contributed by atoms with Crippen LogP contribution in [0.15, 0.2) is 54.6 Å². The Kier molecular flexibility index (Phi) is 4.42. The number of benzene rings is 2. The van der Waals surface area contributed by atoms with Crippen LogP contribution in [-0.2, 0) is 0 Å². The maximum atomic E-state index is 3.48. The van der Waals surface area contributed by atoms with Crippen molar-refractivity contribution in [2.45, 2.75) is 12.8 Å². The Labute approximate surface area is 116 Å². The number of hydrogen-bond acceptors (Lipinski definition) is 1. The van der Waals surface area contributed by atoms with Crippen LogP contribution < -0.4 is 5.32 Å². The fourth-order valence-electron chi connectivity index (χ4n) is 1.77. The first-order valence-electron chi connectivity index (χ1n) is 5.80. The van der Waals surface area contributed by atoms with Crippen LogP contribution in [0.4, 0.5) is 5.69 Å². The Morgan fingerprint density at radius 1 is 1.06 bits per heavy atom. The van der Waals surface area contributed by atoms with Crippen molar-refractivity contribution in [3.05, 3.63) is 63.7 Å². The summed E-state index contributed by atoms with van der Waals surface area (Å²) in [6.07, 6.45) is 0. The van der Waals surface area contributed by atoms with E-state index in [4.69, 9.17) is 0 Å². The van der Waals surface area contributed by atoms with E-state index in [-0.39, 0.29) is 0 Å². The zero-order chi connectivity index (χ0) is 12.1. The molecule has 0 bridgehead atoms. The van der Waals surface area contributed by atoms with Crippen molar-refractivity contribution in [2.24, 2.45) is 0 Å². The van der Waals surface area contributed by atoms with Gasteiger partial charge in [-0.1, -0.05) is 43.3 Å². The van der Waals surface area contributed by atoms with Gasteiger partial charge in [-0.25, -0.2) is 0 Å². The van der Waals surface area contributed by atoms with E-state index in [1.54, 1.807) is 0 Å². The molecule has 0 amide bonds. The Hall–Kier alpha value is -1.03. The third-order valence-electron chi connectivity index (χ3n) is 2.81. The minimum atomic E-state index is 0.522. The summed E-state index contributed by atoms with van der Waals surface area (Å²) in [5.74, 6) is 0.522. The van der Waals surface area contributed by atoms with Gasteiger partial charge in [0.15, 0.2) is 0 Å². The molecule has 2 aromatic rings. The number of rotatable bonds is 4. The van der Waals surface area contributed by atoms with Gasteiger partial charge in [-0.3, -0.25) is 0 Å². The monoisotopic (exact) mass is 337 g/mol. The van der Waals surface area contributed by atoms with Gasteiger partial charge in [0.25, 0.3) is 0 Å². The predicted molar refractivity (Wildman–Crippen MR) is 82.5 cm³/mol. The van der Waals surface area contributed by atoms with Crippen LogP contribution in [0.3, 0.4) is 0 Å². The Morgan fingerprint density at radius 3 is 2.53 bits per heavy atom. The number of nitrogens with one attached hydrogen (secondary N) is 1. The average molecular weight is 337 g/mol. The molecule has 0 saturated heterocycles. The lowest BCUT2D eigenvalue weighted by atomic mass is 10.0. The van der Waals surface area contributed by atoms with E-state index in [2.05, 4.69) is 89.4 Å². The molecule has 88 valence electrons. The molecule has 0 heterocycles. The lowest BCUT2D eigenvalue weighted by Gasteiger charge is -2.14. The molecule has 0 aromatic heterocycles. The lowest BCUT2D eigenvalue weighted by Crippen LogP contribution is -2.09. The summed E-state index contributed by atoms with van der Waals surface area (Å²) in [5.41, 5.74) is 2.57. The SMILES string of the molecule is CC(CNc1cccc(I)c1)c1ccccc1. The molecule has 0 saturated carbocycles. The standard InChI is InChI=1S/C15H16IN/c1-12(13-6-3-2-4-7-13)11-17-15-9-5-8-14(16)10-15/h2-10,12,17H,11H2,1H3. The molecule has 0 radical (unpaired) electrons. The van der Waals surface area contributed by atoms with Crippen LogP contribution in [-0.4, -0.2) is 6.54 Å². The third kappa shape index (κ3) is 3.73. The maximum Gasteiger partial charge on any atom is 0.0350 e. The largest absolute Gasteiger partial charge is 0.384 e. The van der Waals surface area contributed by atoms with Gasteiger partial charge in [-0.05, 0) is 52.3 Å². The van der Waals surface area contributed by atoms with Crippen LogP contribution in [0.25, 0.3) is 0 Å². The summed E-state index contributed by atoms with van der Waals surface area (Å²) >= 11 is 2.33. The van der Waals surface area contributed by atoms with Crippen molar-refractivity contribution in [3.63, 3.8) is 0 Å². The molecule has 1 atom stereocenters. The van der Waals surface area contributed by atoms with E-state index in [1.165, 1.54) is 14.8 Å². The van der Waals surface area contributed by atoms with Crippen LogP contribution >= 0.6 is 22.6 Å². The van der Waals surface area contributed by atoms with Crippen LogP contribution in [0.2, 0.25) is 0 Å². The summed E-state index contributed by atoms with van der Waals surface area (Å²) < 4.78 is 1.26. The van der Waals surface area contributed by atoms with Crippen molar-refractivity contribution in [1.82, 2.24) is 0 Å². The molecule has 0 aliphatic carbocycles. The topological polar surface area (TPSA) is 12.0 Å². The number of anilines is 1. The quantitative estimate of drug-likeness (QED) is 0.810. The fourth-order valence-corrected chi connectivity index (χ4v) is 2.31. The molecule has 1 unspecified atom stereocenters. The molecule has 0 aliphatic rings. The van der Waals surface area contributed by atoms with E-state index in [0.29, 0.717) is 5.92 Å². The molecule has 2 aromatic carbocycles. The van der Waals surface area contributed by atoms with E-state index in [9.17, 15) is 0 Å². The minimum Gasteiger partial charge on any atom is -0.384 e. The molecule has 2 heteroatoms. The van der Waals surface area contributed by atoms with Gasteiger partial charge < -0.3 is 5.32 Å². The van der Waals surface area contributed by atoms with Gasteiger partial charge in [0.1, 0.15) is 0 Å². The van der Waals surface area contributed by atoms with Crippen molar-refractivity contribution < 1.29 is 0 Å². The summed E-state index contributed by atoms with van der Waals surface area (Å²) in [7, 11) is 0. The second kappa shape index (κ2) is 6.05. The average Bonchev–Trinajstić information content (AvgIpc) is 2.37. The molecule has 2 rings (SSSR count). The van der Waals surface area contributed by atoms with Crippen LogP contribution in [0.1, 0.15) is 18.4 Å². The maximum absolute atomic E-state index is 3.48. The first kappa shape index (κ1) is 12.4.